The highest BCUT2D eigenvalue weighted by atomic mass is 79.9. The number of hydrogen-bond donors (Lipinski definition) is 2. The van der Waals surface area contributed by atoms with E-state index in [-0.39, 0.29) is 55.3 Å². The van der Waals surface area contributed by atoms with Crippen molar-refractivity contribution >= 4 is 39.6 Å². The molecule has 0 aliphatic carbocycles. The number of nitrogens with one attached hydrogen (secondary N) is 1. The summed E-state index contributed by atoms with van der Waals surface area (Å²) < 4.78 is 12.3. The lowest BCUT2D eigenvalue weighted by Crippen LogP contribution is -2.59. The Morgan fingerprint density at radius 2 is 1.80 bits per heavy atom. The van der Waals surface area contributed by atoms with Crippen LogP contribution in [0.2, 0.25) is 0 Å². The number of aliphatic hydroxyl groups is 1. The summed E-state index contributed by atoms with van der Waals surface area (Å²) >= 11 is 3.75. The molecule has 0 aromatic heterocycles. The van der Waals surface area contributed by atoms with Crippen molar-refractivity contribution in [2.24, 2.45) is 17.8 Å². The molecule has 2 bridgehead atoms. The third-order valence-electron chi connectivity index (χ3n) is 9.97. The van der Waals surface area contributed by atoms with Gasteiger partial charge >= 0.3 is 5.97 Å². The summed E-state index contributed by atoms with van der Waals surface area (Å²) in [6.45, 7) is 11.6. The molecule has 2 N–H and O–H groups in total. The van der Waals surface area contributed by atoms with Crippen LogP contribution in [-0.2, 0) is 35.2 Å². The maximum Gasteiger partial charge on any atom is 0.306 e. The predicted molar refractivity (Wildman–Crippen MR) is 193 cm³/mol. The summed E-state index contributed by atoms with van der Waals surface area (Å²) in [4.78, 5) is 59.4. The fourth-order valence-electron chi connectivity index (χ4n) is 7.87. The van der Waals surface area contributed by atoms with Gasteiger partial charge in [0.05, 0.1) is 36.6 Å². The van der Waals surface area contributed by atoms with E-state index in [2.05, 4.69) is 34.4 Å². The zero-order valence-corrected chi connectivity index (χ0v) is 30.4. The van der Waals surface area contributed by atoms with Gasteiger partial charge in [0.2, 0.25) is 17.7 Å². The molecule has 3 heterocycles. The molecule has 1 unspecified atom stereocenters. The minimum Gasteiger partial charge on any atom is -0.463 e. The molecule has 3 saturated heterocycles. The van der Waals surface area contributed by atoms with Crippen LogP contribution in [0.5, 0.6) is 0 Å². The topological polar surface area (TPSA) is 125 Å². The van der Waals surface area contributed by atoms with Crippen molar-refractivity contribution in [2.75, 3.05) is 19.8 Å². The molecule has 3 amide bonds. The van der Waals surface area contributed by atoms with Crippen LogP contribution in [0.1, 0.15) is 56.7 Å². The Balaban J connectivity index is 1.50. The SMILES string of the molecule is C=CCCC(=O)OC[C@@H](NC(=O)[C@@H]1[C@H]2O[C@@]3(CC2Br)[C@H](C(=O)N(CC=C)Cc2ccccc2)N([C@@H](CO)CC(C)C)C(=O)[C@@H]13)c1ccccc1. The lowest BCUT2D eigenvalue weighted by Gasteiger charge is -2.40. The van der Waals surface area contributed by atoms with Gasteiger partial charge in [-0.3, -0.25) is 19.2 Å². The number of benzene rings is 2. The minimum absolute atomic E-state index is 0.102. The number of allylic oxidation sites excluding steroid dienone is 1. The lowest BCUT2D eigenvalue weighted by atomic mass is 9.70. The molecule has 268 valence electrons. The van der Waals surface area contributed by atoms with E-state index in [1.165, 1.54) is 4.90 Å². The Morgan fingerprint density at radius 1 is 1.12 bits per heavy atom. The number of rotatable bonds is 17. The molecule has 10 nitrogen and oxygen atoms in total. The predicted octanol–water partition coefficient (Wildman–Crippen LogP) is 4.72. The maximum atomic E-state index is 14.8. The van der Waals surface area contributed by atoms with Crippen molar-refractivity contribution in [1.82, 2.24) is 15.1 Å². The Hall–Kier alpha value is -3.80. The number of nitrogens with zero attached hydrogens (tertiary/aromatic N) is 2. The number of likely N-dealkylation sites (tertiary alicyclic amines) is 1. The number of aliphatic hydroxyl groups excluding tert-OH is 1. The van der Waals surface area contributed by atoms with Crippen molar-refractivity contribution in [3.05, 3.63) is 97.1 Å². The molecule has 11 heteroatoms. The zero-order valence-electron chi connectivity index (χ0n) is 28.8. The molecule has 0 radical (unpaired) electrons. The highest BCUT2D eigenvalue weighted by Gasteiger charge is 2.77. The monoisotopic (exact) mass is 749 g/mol. The summed E-state index contributed by atoms with van der Waals surface area (Å²) in [5.74, 6) is -3.33. The Bertz CT molecular complexity index is 1540. The third kappa shape index (κ3) is 7.60. The number of carbonyl (C=O) groups is 4. The van der Waals surface area contributed by atoms with Crippen LogP contribution in [-0.4, -0.2) is 87.0 Å². The molecule has 2 aromatic carbocycles. The lowest BCUT2D eigenvalue weighted by molar-refractivity contribution is -0.152. The van der Waals surface area contributed by atoms with E-state index in [1.54, 1.807) is 17.1 Å². The molecular weight excluding hydrogens is 702 g/mol. The highest BCUT2D eigenvalue weighted by molar-refractivity contribution is 9.09. The van der Waals surface area contributed by atoms with Crippen LogP contribution in [0.3, 0.4) is 0 Å². The van der Waals surface area contributed by atoms with Crippen molar-refractivity contribution in [1.29, 1.82) is 0 Å². The second-order valence-corrected chi connectivity index (χ2v) is 15.0. The molecule has 3 fully saturated rings. The van der Waals surface area contributed by atoms with Crippen LogP contribution in [0.25, 0.3) is 0 Å². The Kier molecular flexibility index (Phi) is 12.3. The van der Waals surface area contributed by atoms with Gasteiger partial charge in [0.1, 0.15) is 18.2 Å². The van der Waals surface area contributed by atoms with Crippen molar-refractivity contribution < 1.29 is 33.8 Å². The number of fused-ring (bicyclic) bond motifs is 1. The van der Waals surface area contributed by atoms with Gasteiger partial charge in [-0.2, -0.15) is 0 Å². The van der Waals surface area contributed by atoms with E-state index in [1.807, 2.05) is 74.5 Å². The maximum absolute atomic E-state index is 14.8. The summed E-state index contributed by atoms with van der Waals surface area (Å²) in [6.07, 6.45) is 4.04. The quantitative estimate of drug-likeness (QED) is 0.136. The van der Waals surface area contributed by atoms with Gasteiger partial charge in [-0.1, -0.05) is 103 Å². The first-order chi connectivity index (χ1) is 24.1. The van der Waals surface area contributed by atoms with E-state index in [0.29, 0.717) is 19.3 Å². The summed E-state index contributed by atoms with van der Waals surface area (Å²) in [5, 5.41) is 13.7. The van der Waals surface area contributed by atoms with Gasteiger partial charge in [-0.05, 0) is 36.3 Å². The first-order valence-corrected chi connectivity index (χ1v) is 18.3. The van der Waals surface area contributed by atoms with Crippen molar-refractivity contribution in [3.63, 3.8) is 0 Å². The van der Waals surface area contributed by atoms with Crippen LogP contribution in [0.4, 0.5) is 0 Å². The molecule has 5 rings (SSSR count). The Labute approximate surface area is 303 Å². The van der Waals surface area contributed by atoms with Crippen LogP contribution < -0.4 is 5.32 Å². The molecule has 50 heavy (non-hydrogen) atoms. The average molecular weight is 751 g/mol. The Morgan fingerprint density at radius 3 is 2.42 bits per heavy atom. The van der Waals surface area contributed by atoms with Crippen LogP contribution in [0.15, 0.2) is 86.0 Å². The van der Waals surface area contributed by atoms with Gasteiger partial charge in [0.15, 0.2) is 0 Å². The number of halogens is 1. The molecule has 8 atom stereocenters. The first-order valence-electron chi connectivity index (χ1n) is 17.4. The normalized spacial score (nSPS) is 26.3. The third-order valence-corrected chi connectivity index (χ3v) is 10.8. The molecule has 1 spiro atoms. The first kappa shape index (κ1) is 37.5. The van der Waals surface area contributed by atoms with E-state index in [9.17, 15) is 24.3 Å². The average Bonchev–Trinajstić information content (AvgIpc) is 3.71. The fourth-order valence-corrected chi connectivity index (χ4v) is 8.81. The number of ether oxygens (including phenoxy) is 2. The second kappa shape index (κ2) is 16.5. The van der Waals surface area contributed by atoms with Crippen LogP contribution in [0, 0.1) is 17.8 Å². The second-order valence-electron chi connectivity index (χ2n) is 13.9. The van der Waals surface area contributed by atoms with Gasteiger partial charge in [-0.15, -0.1) is 13.2 Å². The van der Waals surface area contributed by atoms with E-state index < -0.39 is 53.5 Å². The smallest absolute Gasteiger partial charge is 0.306 e. The fraction of sp³-hybridized carbons (Fsp3) is 0.487. The van der Waals surface area contributed by atoms with Gasteiger partial charge in [-0.25, -0.2) is 0 Å². The summed E-state index contributed by atoms with van der Waals surface area (Å²) in [6, 6.07) is 16.4. The highest BCUT2D eigenvalue weighted by Crippen LogP contribution is 2.60. The molecule has 0 saturated carbocycles. The molecular formula is C39H48BrN3O7. The van der Waals surface area contributed by atoms with Crippen LogP contribution >= 0.6 is 15.9 Å². The summed E-state index contributed by atoms with van der Waals surface area (Å²) in [7, 11) is 0. The molecule has 3 aliphatic heterocycles. The number of hydrogen-bond acceptors (Lipinski definition) is 7. The molecule has 3 aliphatic rings. The largest absolute Gasteiger partial charge is 0.463 e. The zero-order chi connectivity index (χ0) is 36.0. The number of amides is 3. The standard InChI is InChI=1S/C39H48BrN3O7/c1-5-7-18-31(45)49-24-30(27-16-12-9-13-17-27)41-36(46)32-33-37(47)43(28(23-44)20-25(3)4)35(39(33)21-29(40)34(32)50-39)38(48)42(19-6-2)22-26-14-10-8-11-15-26/h5-6,8-17,25,28-30,32-35,44H,1-2,7,18-24H2,3-4H3,(H,41,46)/t28-,29?,30-,32+,33-,34+,35+,39-/m1/s1. The minimum atomic E-state index is -1.31. The van der Waals surface area contributed by atoms with Gasteiger partial charge in [0.25, 0.3) is 0 Å². The van der Waals surface area contributed by atoms with Crippen molar-refractivity contribution in [2.45, 2.75) is 80.7 Å². The number of carbonyl (C=O) groups excluding carboxylic acids is 4. The van der Waals surface area contributed by atoms with Crippen molar-refractivity contribution in [3.8, 4) is 0 Å². The van der Waals surface area contributed by atoms with Gasteiger partial charge < -0.3 is 29.7 Å². The van der Waals surface area contributed by atoms with E-state index in [0.717, 1.165) is 11.1 Å². The van der Waals surface area contributed by atoms with Gasteiger partial charge in [0, 0.05) is 24.3 Å². The summed E-state index contributed by atoms with van der Waals surface area (Å²) in [5.41, 5.74) is 0.338. The number of esters is 1. The molecule has 2 aromatic rings. The number of alkyl halides is 1. The van der Waals surface area contributed by atoms with E-state index in [4.69, 9.17) is 9.47 Å². The van der Waals surface area contributed by atoms with E-state index >= 15 is 0 Å².